The molecular weight excluding hydrogens is 348 g/mol. The van der Waals surface area contributed by atoms with Crippen LogP contribution in [0, 0.1) is 5.92 Å². The topological polar surface area (TPSA) is 67.1 Å². The molecule has 1 aromatic carbocycles. The molecule has 1 saturated carbocycles. The molecular formula is C22H32N6. The number of guanidine groups is 1. The summed E-state index contributed by atoms with van der Waals surface area (Å²) in [5.74, 6) is 4.72. The number of aliphatic imine (C=N–C) groups is 1. The molecule has 0 spiro atoms. The molecule has 0 amide bonds. The zero-order chi connectivity index (χ0) is 19.5. The van der Waals surface area contributed by atoms with Crippen LogP contribution in [-0.2, 0) is 13.0 Å². The molecule has 0 radical (unpaired) electrons. The van der Waals surface area contributed by atoms with Crippen LogP contribution in [0.15, 0.2) is 35.3 Å². The minimum absolute atomic E-state index is 0.344. The van der Waals surface area contributed by atoms with E-state index in [0.717, 1.165) is 50.1 Å². The quantitative estimate of drug-likeness (QED) is 0.597. The molecule has 150 valence electrons. The van der Waals surface area contributed by atoms with Gasteiger partial charge in [-0.2, -0.15) is 5.10 Å². The van der Waals surface area contributed by atoms with Crippen molar-refractivity contribution in [3.63, 3.8) is 0 Å². The summed E-state index contributed by atoms with van der Waals surface area (Å²) in [6.07, 6.45) is 3.28. The molecule has 2 aromatic rings. The SMILES string of the molecule is CCNC(=NCC1CC1c1ccccc1)NC1CCc2nc(C(C)C)nn2C1. The fraction of sp³-hybridized carbons (Fsp3) is 0.591. The van der Waals surface area contributed by atoms with Crippen molar-refractivity contribution in [1.29, 1.82) is 0 Å². The van der Waals surface area contributed by atoms with E-state index in [-0.39, 0.29) is 0 Å². The van der Waals surface area contributed by atoms with E-state index >= 15 is 0 Å². The van der Waals surface area contributed by atoms with Crippen LogP contribution in [0.2, 0.25) is 0 Å². The van der Waals surface area contributed by atoms with Crippen molar-refractivity contribution in [3.8, 4) is 0 Å². The first kappa shape index (κ1) is 19.0. The minimum atomic E-state index is 0.344. The number of rotatable bonds is 6. The third-order valence-corrected chi connectivity index (χ3v) is 5.71. The van der Waals surface area contributed by atoms with Crippen LogP contribution in [0.4, 0.5) is 0 Å². The van der Waals surface area contributed by atoms with Crippen molar-refractivity contribution < 1.29 is 0 Å². The average molecular weight is 381 g/mol. The van der Waals surface area contributed by atoms with Crippen LogP contribution in [0.3, 0.4) is 0 Å². The van der Waals surface area contributed by atoms with E-state index in [2.05, 4.69) is 76.5 Å². The Bertz CT molecular complexity index is 810. The van der Waals surface area contributed by atoms with Gasteiger partial charge < -0.3 is 10.6 Å². The molecule has 2 N–H and O–H groups in total. The normalized spacial score (nSPS) is 24.1. The summed E-state index contributed by atoms with van der Waals surface area (Å²) in [6.45, 7) is 9.02. The number of hydrogen-bond donors (Lipinski definition) is 2. The summed E-state index contributed by atoms with van der Waals surface area (Å²) in [7, 11) is 0. The summed E-state index contributed by atoms with van der Waals surface area (Å²) in [6, 6.07) is 11.2. The van der Waals surface area contributed by atoms with E-state index in [4.69, 9.17) is 4.99 Å². The third kappa shape index (κ3) is 4.37. The van der Waals surface area contributed by atoms with E-state index in [1.807, 2.05) is 0 Å². The smallest absolute Gasteiger partial charge is 0.191 e. The van der Waals surface area contributed by atoms with Crippen molar-refractivity contribution in [2.45, 2.75) is 64.5 Å². The molecule has 3 atom stereocenters. The standard InChI is InChI=1S/C22H32N6/c1-4-23-22(24-13-17-12-19(17)16-8-6-5-7-9-16)25-18-10-11-20-26-21(15(2)3)27-28(20)14-18/h5-9,15,17-19H,4,10-14H2,1-3H3,(H2,23,24,25). The Kier molecular flexibility index (Phi) is 5.64. The first-order valence-corrected chi connectivity index (χ1v) is 10.7. The highest BCUT2D eigenvalue weighted by atomic mass is 15.4. The van der Waals surface area contributed by atoms with Gasteiger partial charge in [-0.05, 0) is 37.2 Å². The molecule has 0 bridgehead atoms. The van der Waals surface area contributed by atoms with Gasteiger partial charge in [0, 0.05) is 31.5 Å². The van der Waals surface area contributed by atoms with Crippen LogP contribution >= 0.6 is 0 Å². The molecule has 0 saturated heterocycles. The first-order chi connectivity index (χ1) is 13.6. The van der Waals surface area contributed by atoms with Crippen molar-refractivity contribution in [2.75, 3.05) is 13.1 Å². The highest BCUT2D eigenvalue weighted by molar-refractivity contribution is 5.80. The van der Waals surface area contributed by atoms with Gasteiger partial charge in [0.15, 0.2) is 11.8 Å². The lowest BCUT2D eigenvalue weighted by molar-refractivity contribution is 0.391. The van der Waals surface area contributed by atoms with Crippen LogP contribution in [-0.4, -0.2) is 39.9 Å². The average Bonchev–Trinajstić information content (AvgIpc) is 3.35. The molecule has 4 rings (SSSR count). The number of fused-ring (bicyclic) bond motifs is 1. The molecule has 1 fully saturated rings. The highest BCUT2D eigenvalue weighted by Crippen LogP contribution is 2.47. The van der Waals surface area contributed by atoms with Gasteiger partial charge in [0.05, 0.1) is 6.54 Å². The van der Waals surface area contributed by atoms with Gasteiger partial charge in [0.2, 0.25) is 0 Å². The van der Waals surface area contributed by atoms with Crippen molar-refractivity contribution in [2.24, 2.45) is 10.9 Å². The monoisotopic (exact) mass is 380 g/mol. The largest absolute Gasteiger partial charge is 0.357 e. The lowest BCUT2D eigenvalue weighted by Gasteiger charge is -2.25. The second kappa shape index (κ2) is 8.33. The van der Waals surface area contributed by atoms with E-state index < -0.39 is 0 Å². The predicted molar refractivity (Wildman–Crippen MR) is 113 cm³/mol. The number of nitrogens with one attached hydrogen (secondary N) is 2. The molecule has 6 nitrogen and oxygen atoms in total. The zero-order valence-corrected chi connectivity index (χ0v) is 17.2. The fourth-order valence-electron chi connectivity index (χ4n) is 3.97. The van der Waals surface area contributed by atoms with Crippen molar-refractivity contribution in [3.05, 3.63) is 47.5 Å². The molecule has 2 heterocycles. The van der Waals surface area contributed by atoms with Gasteiger partial charge in [-0.3, -0.25) is 4.99 Å². The molecule has 1 aliphatic heterocycles. The number of aryl methyl sites for hydroxylation is 1. The molecule has 28 heavy (non-hydrogen) atoms. The van der Waals surface area contributed by atoms with Gasteiger partial charge in [-0.25, -0.2) is 9.67 Å². The molecule has 6 heteroatoms. The number of aromatic nitrogens is 3. The summed E-state index contributed by atoms with van der Waals surface area (Å²) in [5, 5.41) is 11.7. The fourth-order valence-corrected chi connectivity index (χ4v) is 3.97. The Hall–Kier alpha value is -2.37. The highest BCUT2D eigenvalue weighted by Gasteiger charge is 2.37. The third-order valence-electron chi connectivity index (χ3n) is 5.71. The summed E-state index contributed by atoms with van der Waals surface area (Å²) >= 11 is 0. The number of nitrogens with zero attached hydrogens (tertiary/aromatic N) is 4. The van der Waals surface area contributed by atoms with Gasteiger partial charge in [-0.1, -0.05) is 44.2 Å². The Morgan fingerprint density at radius 2 is 2.11 bits per heavy atom. The lowest BCUT2D eigenvalue weighted by atomic mass is 10.1. The molecule has 1 aliphatic carbocycles. The van der Waals surface area contributed by atoms with Gasteiger partial charge in [0.1, 0.15) is 5.82 Å². The minimum Gasteiger partial charge on any atom is -0.357 e. The second-order valence-electron chi connectivity index (χ2n) is 8.34. The van der Waals surface area contributed by atoms with Crippen LogP contribution in [0.5, 0.6) is 0 Å². The van der Waals surface area contributed by atoms with Crippen LogP contribution < -0.4 is 10.6 Å². The second-order valence-corrected chi connectivity index (χ2v) is 8.34. The summed E-state index contributed by atoms with van der Waals surface area (Å²) < 4.78 is 2.08. The lowest BCUT2D eigenvalue weighted by Crippen LogP contribution is -2.47. The number of hydrogen-bond acceptors (Lipinski definition) is 3. The van der Waals surface area contributed by atoms with E-state index in [1.165, 1.54) is 12.0 Å². The maximum absolute atomic E-state index is 4.88. The van der Waals surface area contributed by atoms with Crippen molar-refractivity contribution >= 4 is 5.96 Å². The molecule has 2 aliphatic rings. The Balaban J connectivity index is 1.34. The predicted octanol–water partition coefficient (Wildman–Crippen LogP) is 3.08. The summed E-state index contributed by atoms with van der Waals surface area (Å²) in [5.41, 5.74) is 1.45. The maximum Gasteiger partial charge on any atom is 0.191 e. The van der Waals surface area contributed by atoms with Crippen molar-refractivity contribution in [1.82, 2.24) is 25.4 Å². The van der Waals surface area contributed by atoms with Gasteiger partial charge >= 0.3 is 0 Å². The number of benzene rings is 1. The van der Waals surface area contributed by atoms with E-state index in [1.54, 1.807) is 0 Å². The first-order valence-electron chi connectivity index (χ1n) is 10.7. The zero-order valence-electron chi connectivity index (χ0n) is 17.2. The molecule has 1 aromatic heterocycles. The summed E-state index contributed by atoms with van der Waals surface area (Å²) in [4.78, 5) is 9.57. The Morgan fingerprint density at radius 3 is 2.86 bits per heavy atom. The Labute approximate surface area is 167 Å². The van der Waals surface area contributed by atoms with E-state index in [0.29, 0.717) is 23.8 Å². The van der Waals surface area contributed by atoms with Crippen LogP contribution in [0.1, 0.15) is 62.7 Å². The van der Waals surface area contributed by atoms with Gasteiger partial charge in [-0.15, -0.1) is 0 Å². The van der Waals surface area contributed by atoms with Crippen LogP contribution in [0.25, 0.3) is 0 Å². The molecule has 3 unspecified atom stereocenters. The van der Waals surface area contributed by atoms with Gasteiger partial charge in [0.25, 0.3) is 0 Å². The Morgan fingerprint density at radius 1 is 1.29 bits per heavy atom. The van der Waals surface area contributed by atoms with E-state index in [9.17, 15) is 0 Å². The maximum atomic E-state index is 4.88.